The molecule has 4 aromatic rings. The molecule has 0 saturated heterocycles. The molecule has 1 saturated carbocycles. The summed E-state index contributed by atoms with van der Waals surface area (Å²) in [5.74, 6) is -0.646. The van der Waals surface area contributed by atoms with Crippen LogP contribution in [0.4, 0.5) is 4.39 Å². The number of hydrogen-bond donors (Lipinski definition) is 4. The van der Waals surface area contributed by atoms with Crippen LogP contribution >= 0.6 is 0 Å². The second kappa shape index (κ2) is 9.22. The van der Waals surface area contributed by atoms with E-state index in [0.717, 1.165) is 29.5 Å². The van der Waals surface area contributed by atoms with Gasteiger partial charge in [0.1, 0.15) is 17.2 Å². The Morgan fingerprint density at radius 1 is 1.03 bits per heavy atom. The lowest BCUT2D eigenvalue weighted by Crippen LogP contribution is -2.39. The van der Waals surface area contributed by atoms with Crippen molar-refractivity contribution in [1.82, 2.24) is 10.6 Å². The number of hydrogen-bond acceptors (Lipinski definition) is 5. The number of fused-ring (bicyclic) bond motifs is 1. The quantitative estimate of drug-likeness (QED) is 0.315. The van der Waals surface area contributed by atoms with E-state index in [9.17, 15) is 19.1 Å². The van der Waals surface area contributed by atoms with Gasteiger partial charge in [-0.05, 0) is 78.1 Å². The first-order valence-corrected chi connectivity index (χ1v) is 11.7. The first kappa shape index (κ1) is 23.7. The van der Waals surface area contributed by atoms with Crippen molar-refractivity contribution in [3.63, 3.8) is 0 Å². The Morgan fingerprint density at radius 2 is 1.75 bits per heavy atom. The summed E-state index contributed by atoms with van der Waals surface area (Å²) >= 11 is 0. The molecule has 1 aliphatic carbocycles. The average Bonchev–Trinajstić information content (AvgIpc) is 3.58. The van der Waals surface area contributed by atoms with Crippen molar-refractivity contribution >= 4 is 22.8 Å². The first-order valence-electron chi connectivity index (χ1n) is 11.7. The fraction of sp³-hybridized carbons (Fsp3) is 0.214. The molecule has 0 spiro atoms. The highest BCUT2D eigenvalue weighted by Crippen LogP contribution is 2.38. The third-order valence-electron chi connectivity index (χ3n) is 6.69. The van der Waals surface area contributed by atoms with E-state index in [1.165, 1.54) is 19.2 Å². The molecule has 36 heavy (non-hydrogen) atoms. The van der Waals surface area contributed by atoms with Gasteiger partial charge in [0.05, 0.1) is 17.7 Å². The van der Waals surface area contributed by atoms with E-state index < -0.39 is 5.54 Å². The van der Waals surface area contributed by atoms with Crippen LogP contribution in [0.15, 0.2) is 65.1 Å². The first-order chi connectivity index (χ1) is 17.4. The number of furan rings is 1. The van der Waals surface area contributed by atoms with Gasteiger partial charge in [0.2, 0.25) is 0 Å². The molecule has 5 rings (SSSR count). The lowest BCUT2D eigenvalue weighted by Gasteiger charge is -2.16. The summed E-state index contributed by atoms with van der Waals surface area (Å²) in [4.78, 5) is 25.8. The molecule has 1 heterocycles. The highest BCUT2D eigenvalue weighted by atomic mass is 19.1. The number of carbonyl (C=O) groups is 2. The number of nitrogens with one attached hydrogen (secondary N) is 2. The number of rotatable bonds is 7. The molecule has 0 atom stereocenters. The van der Waals surface area contributed by atoms with E-state index in [4.69, 9.17) is 10.2 Å². The molecule has 1 fully saturated rings. The second-order valence-corrected chi connectivity index (χ2v) is 9.07. The largest absolute Gasteiger partial charge is 0.455 e. The van der Waals surface area contributed by atoms with Gasteiger partial charge in [-0.1, -0.05) is 12.1 Å². The smallest absolute Gasteiger partial charge is 0.255 e. The Balaban J connectivity index is 1.61. The molecule has 8 heteroatoms. The summed E-state index contributed by atoms with van der Waals surface area (Å²) < 4.78 is 19.5. The summed E-state index contributed by atoms with van der Waals surface area (Å²) in [6.45, 7) is 0.159. The number of amides is 2. The molecule has 0 radical (unpaired) electrons. The molecule has 7 nitrogen and oxygen atoms in total. The molecule has 2 amide bonds. The standard InChI is InChI=1S/C28H26FN3O4/c1-31-27(35)24-22-12-17(6-9-23(22)36-25(24)16-4-7-20(29)8-5-16)21-13-18(2-3-19(21)14-30)26(34)32-28(15-33)10-11-28/h2-9,12-13,33H,10-11,14-15,30H2,1H3,(H,31,35)(H,32,34). The lowest BCUT2D eigenvalue weighted by atomic mass is 9.95. The molecule has 0 bridgehead atoms. The highest BCUT2D eigenvalue weighted by Gasteiger charge is 2.43. The Kier molecular flexibility index (Phi) is 6.07. The molecule has 0 aliphatic heterocycles. The summed E-state index contributed by atoms with van der Waals surface area (Å²) in [6, 6.07) is 16.5. The average molecular weight is 488 g/mol. The predicted molar refractivity (Wildman–Crippen MR) is 135 cm³/mol. The van der Waals surface area contributed by atoms with Crippen LogP contribution in [-0.4, -0.2) is 36.1 Å². The Morgan fingerprint density at radius 3 is 2.39 bits per heavy atom. The monoisotopic (exact) mass is 487 g/mol. The van der Waals surface area contributed by atoms with Crippen LogP contribution in [0.25, 0.3) is 33.4 Å². The van der Waals surface area contributed by atoms with E-state index >= 15 is 0 Å². The van der Waals surface area contributed by atoms with Crippen LogP contribution in [0.5, 0.6) is 0 Å². The van der Waals surface area contributed by atoms with Crippen LogP contribution < -0.4 is 16.4 Å². The maximum atomic E-state index is 13.5. The fourth-order valence-corrected chi connectivity index (χ4v) is 4.37. The van der Waals surface area contributed by atoms with E-state index in [2.05, 4.69) is 10.6 Å². The van der Waals surface area contributed by atoms with Crippen molar-refractivity contribution in [3.05, 3.63) is 83.2 Å². The predicted octanol–water partition coefficient (Wildman–Crippen LogP) is 3.98. The fourth-order valence-electron chi connectivity index (χ4n) is 4.37. The molecule has 3 aromatic carbocycles. The third kappa shape index (κ3) is 4.25. The van der Waals surface area contributed by atoms with Crippen LogP contribution in [0.1, 0.15) is 39.1 Å². The molecule has 184 valence electrons. The molecule has 5 N–H and O–H groups in total. The van der Waals surface area contributed by atoms with Crippen molar-refractivity contribution < 1.29 is 23.5 Å². The number of benzene rings is 3. The normalized spacial score (nSPS) is 14.0. The maximum Gasteiger partial charge on any atom is 0.255 e. The zero-order valence-corrected chi connectivity index (χ0v) is 19.7. The minimum absolute atomic E-state index is 0.0949. The topological polar surface area (TPSA) is 118 Å². The van der Waals surface area contributed by atoms with Crippen molar-refractivity contribution in [2.45, 2.75) is 24.9 Å². The Bertz CT molecular complexity index is 1470. The van der Waals surface area contributed by atoms with Crippen molar-refractivity contribution in [2.24, 2.45) is 5.73 Å². The Hall–Kier alpha value is -4.01. The van der Waals surface area contributed by atoms with Crippen LogP contribution in [0.2, 0.25) is 0 Å². The van der Waals surface area contributed by atoms with Gasteiger partial charge >= 0.3 is 0 Å². The van der Waals surface area contributed by atoms with Gasteiger partial charge in [0.25, 0.3) is 11.8 Å². The molecule has 0 unspecified atom stereocenters. The number of aliphatic hydroxyl groups is 1. The van der Waals surface area contributed by atoms with Crippen molar-refractivity contribution in [3.8, 4) is 22.5 Å². The zero-order chi connectivity index (χ0) is 25.4. The molecular formula is C28H26FN3O4. The number of nitrogens with two attached hydrogens (primary N) is 1. The highest BCUT2D eigenvalue weighted by molar-refractivity contribution is 6.12. The Labute approximate surface area is 207 Å². The maximum absolute atomic E-state index is 13.5. The molecular weight excluding hydrogens is 461 g/mol. The lowest BCUT2D eigenvalue weighted by molar-refractivity contribution is 0.0905. The minimum atomic E-state index is -0.529. The van der Waals surface area contributed by atoms with E-state index in [0.29, 0.717) is 33.4 Å². The number of carbonyl (C=O) groups excluding carboxylic acids is 2. The minimum Gasteiger partial charge on any atom is -0.455 e. The van der Waals surface area contributed by atoms with Gasteiger partial charge in [-0.15, -0.1) is 0 Å². The SMILES string of the molecule is CNC(=O)c1c(-c2ccc(F)cc2)oc2ccc(-c3cc(C(=O)NC4(CO)CC4)ccc3CN)cc12. The number of halogens is 1. The van der Waals surface area contributed by atoms with Gasteiger partial charge in [-0.25, -0.2) is 4.39 Å². The summed E-state index contributed by atoms with van der Waals surface area (Å²) in [5.41, 5.74) is 9.69. The number of aliphatic hydroxyl groups excluding tert-OH is 1. The van der Waals surface area contributed by atoms with Gasteiger partial charge < -0.3 is 25.9 Å². The van der Waals surface area contributed by atoms with Crippen LogP contribution in [0, 0.1) is 5.82 Å². The van der Waals surface area contributed by atoms with Gasteiger partial charge in [0.15, 0.2) is 0 Å². The van der Waals surface area contributed by atoms with E-state index in [1.54, 1.807) is 30.3 Å². The van der Waals surface area contributed by atoms with Crippen LogP contribution in [0.3, 0.4) is 0 Å². The van der Waals surface area contributed by atoms with Crippen LogP contribution in [-0.2, 0) is 6.54 Å². The third-order valence-corrected chi connectivity index (χ3v) is 6.69. The van der Waals surface area contributed by atoms with Gasteiger partial charge in [-0.2, -0.15) is 0 Å². The van der Waals surface area contributed by atoms with Gasteiger partial charge in [0, 0.05) is 30.1 Å². The molecule has 1 aliphatic rings. The molecule has 1 aromatic heterocycles. The summed E-state index contributed by atoms with van der Waals surface area (Å²) in [6.07, 6.45) is 1.50. The van der Waals surface area contributed by atoms with E-state index in [1.807, 2.05) is 18.2 Å². The summed E-state index contributed by atoms with van der Waals surface area (Å²) in [5, 5.41) is 15.7. The van der Waals surface area contributed by atoms with Gasteiger partial charge in [-0.3, -0.25) is 9.59 Å². The van der Waals surface area contributed by atoms with Crippen molar-refractivity contribution in [2.75, 3.05) is 13.7 Å². The van der Waals surface area contributed by atoms with E-state index in [-0.39, 0.29) is 30.8 Å². The zero-order valence-electron chi connectivity index (χ0n) is 19.7. The summed E-state index contributed by atoms with van der Waals surface area (Å²) in [7, 11) is 1.53. The second-order valence-electron chi connectivity index (χ2n) is 9.07. The van der Waals surface area contributed by atoms with Crippen molar-refractivity contribution in [1.29, 1.82) is 0 Å².